The van der Waals surface area contributed by atoms with Crippen molar-refractivity contribution in [3.05, 3.63) is 344 Å². The lowest BCUT2D eigenvalue weighted by molar-refractivity contribution is 0.590. The van der Waals surface area contributed by atoms with E-state index < -0.39 is 0 Å². The van der Waals surface area contributed by atoms with Crippen molar-refractivity contribution >= 4 is 0 Å². The SMILES string of the molecule is Cc1cc(C)c(C)c(C)c1.Cc1ccc(C(C)(C)C)cc1.Cc1ccc2c(c1)C(C)(C)c1ccccc1-2.Cc1cccc(-c2ccccc2)c1.Cc1cccc2c1C(C)(C)c1ccccc1-2.Cc1ccccc1-c1ccccc1.Cc1ccccc1C. The Labute approximate surface area is 526 Å². The Bertz CT molecular complexity index is 3940. The largest absolute Gasteiger partial charge is 0.0622 e. The zero-order chi connectivity index (χ0) is 63.1. The topological polar surface area (TPSA) is 0 Å². The van der Waals surface area contributed by atoms with Crippen LogP contribution >= 0.6 is 0 Å². The number of fused-ring (bicyclic) bond motifs is 6. The molecule has 0 radical (unpaired) electrons. The lowest BCUT2D eigenvalue weighted by Crippen LogP contribution is -2.16. The third kappa shape index (κ3) is 17.1. The van der Waals surface area contributed by atoms with Gasteiger partial charge < -0.3 is 0 Å². The molecule has 2 aliphatic rings. The van der Waals surface area contributed by atoms with Crippen LogP contribution in [0.2, 0.25) is 0 Å². The van der Waals surface area contributed by atoms with Crippen LogP contribution < -0.4 is 0 Å². The van der Waals surface area contributed by atoms with E-state index in [0.29, 0.717) is 0 Å². The van der Waals surface area contributed by atoms with Gasteiger partial charge >= 0.3 is 0 Å². The van der Waals surface area contributed by atoms with Crippen molar-refractivity contribution in [1.29, 1.82) is 0 Å². The van der Waals surface area contributed by atoms with Crippen molar-refractivity contribution in [2.24, 2.45) is 0 Å². The molecule has 0 spiro atoms. The highest BCUT2D eigenvalue weighted by atomic mass is 14.4. The molecule has 0 amide bonds. The molecule has 0 aliphatic heterocycles. The summed E-state index contributed by atoms with van der Waals surface area (Å²) in [6.07, 6.45) is 0. The van der Waals surface area contributed by atoms with Gasteiger partial charge in [-0.15, -0.1) is 0 Å². The van der Waals surface area contributed by atoms with Gasteiger partial charge in [-0.25, -0.2) is 0 Å². The first-order valence-electron chi connectivity index (χ1n) is 31.2. The van der Waals surface area contributed by atoms with E-state index in [9.17, 15) is 0 Å². The van der Waals surface area contributed by atoms with Crippen LogP contribution in [0.15, 0.2) is 255 Å². The van der Waals surface area contributed by atoms with Crippen LogP contribution in [0.25, 0.3) is 44.5 Å². The zero-order valence-corrected chi connectivity index (χ0v) is 55.7. The minimum absolute atomic E-state index is 0.150. The van der Waals surface area contributed by atoms with Crippen molar-refractivity contribution in [3.8, 4) is 44.5 Å². The molecule has 87 heavy (non-hydrogen) atoms. The molecule has 11 aromatic carbocycles. The Morgan fingerprint density at radius 3 is 1.17 bits per heavy atom. The van der Waals surface area contributed by atoms with Crippen molar-refractivity contribution in [1.82, 2.24) is 0 Å². The predicted octanol–water partition coefficient (Wildman–Crippen LogP) is 24.4. The van der Waals surface area contributed by atoms with E-state index in [1.165, 1.54) is 134 Å². The number of hydrogen-bond acceptors (Lipinski definition) is 0. The summed E-state index contributed by atoms with van der Waals surface area (Å²) in [5.41, 5.74) is 33.7. The summed E-state index contributed by atoms with van der Waals surface area (Å²) in [6, 6.07) is 90.4. The monoisotopic (exact) mass is 1140 g/mol. The highest BCUT2D eigenvalue weighted by Crippen LogP contribution is 2.50. The van der Waals surface area contributed by atoms with Gasteiger partial charge in [0, 0.05) is 10.8 Å². The highest BCUT2D eigenvalue weighted by molar-refractivity contribution is 5.82. The number of hydrogen-bond donors (Lipinski definition) is 0. The molecule has 2 aliphatic carbocycles. The molecule has 0 bridgehead atoms. The predicted molar refractivity (Wildman–Crippen MR) is 382 cm³/mol. The van der Waals surface area contributed by atoms with E-state index in [1.54, 1.807) is 0 Å². The Morgan fingerprint density at radius 1 is 0.241 bits per heavy atom. The van der Waals surface area contributed by atoms with Gasteiger partial charge in [-0.2, -0.15) is 0 Å². The fraction of sp³-hybridized carbons (Fsp3) is 0.241. The quantitative estimate of drug-likeness (QED) is 0.162. The molecule has 0 heterocycles. The molecule has 0 fully saturated rings. The molecular weight excluding hydrogens is 1040 g/mol. The minimum Gasteiger partial charge on any atom is -0.0622 e. The first-order valence-corrected chi connectivity index (χ1v) is 31.2. The van der Waals surface area contributed by atoms with Gasteiger partial charge in [0.05, 0.1) is 0 Å². The normalized spacial score (nSPS) is 12.2. The lowest BCUT2D eigenvalue weighted by Gasteiger charge is -2.23. The maximum absolute atomic E-state index is 2.33. The lowest BCUT2D eigenvalue weighted by atomic mass is 9.80. The molecule has 0 N–H and O–H groups in total. The van der Waals surface area contributed by atoms with Gasteiger partial charge in [-0.3, -0.25) is 0 Å². The van der Waals surface area contributed by atoms with Gasteiger partial charge in [0.25, 0.3) is 0 Å². The average molecular weight is 1140 g/mol. The number of rotatable bonds is 2. The molecule has 0 saturated carbocycles. The van der Waals surface area contributed by atoms with E-state index in [2.05, 4.69) is 367 Å². The summed E-state index contributed by atoms with van der Waals surface area (Å²) in [5, 5.41) is 0. The second kappa shape index (κ2) is 29.7. The molecule has 0 heteroatoms. The maximum atomic E-state index is 2.33. The first-order chi connectivity index (χ1) is 41.4. The molecule has 444 valence electrons. The second-order valence-electron chi connectivity index (χ2n) is 26.0. The zero-order valence-electron chi connectivity index (χ0n) is 55.7. The standard InChI is InChI=1S/2C16H16.2C13H12.C11H16.C10H14.C8H10/c1-11-7-6-9-13-12-8-4-5-10-14(12)16(2,3)15(11)13;1-11-8-9-13-12-6-4-5-7-14(12)16(2,3)15(13)10-11;1-11-7-5-6-10-13(11)12-8-3-2-4-9-12;1-11-6-5-9-13(10-11)12-7-3-2-4-8-12;1-9-5-7-10(8-6-9)11(2,3)4;1-7-5-8(2)10(4)9(3)6-7;1-7-5-3-4-6-8(7)2/h2*4-10H,1-3H3;2*2-10H,1H3;5-8H,1-4H3;5-6H,1-4H3;3-6H,1-2H3. The van der Waals surface area contributed by atoms with E-state index >= 15 is 0 Å². The molecule has 13 rings (SSSR count). The van der Waals surface area contributed by atoms with Gasteiger partial charge in [0.15, 0.2) is 0 Å². The van der Waals surface area contributed by atoms with Gasteiger partial charge in [-0.1, -0.05) is 326 Å². The third-order valence-corrected chi connectivity index (χ3v) is 17.3. The fourth-order valence-electron chi connectivity index (χ4n) is 11.9. The molecule has 11 aromatic rings. The van der Waals surface area contributed by atoms with E-state index in [4.69, 9.17) is 0 Å². The Morgan fingerprint density at radius 2 is 0.644 bits per heavy atom. The summed E-state index contributed by atoms with van der Waals surface area (Å²) in [5.74, 6) is 0. The molecule has 0 aromatic heterocycles. The third-order valence-electron chi connectivity index (χ3n) is 17.3. The molecule has 0 atom stereocenters. The van der Waals surface area contributed by atoms with Crippen LogP contribution in [0, 0.1) is 76.2 Å². The van der Waals surface area contributed by atoms with E-state index in [0.717, 1.165) is 0 Å². The van der Waals surface area contributed by atoms with Crippen LogP contribution in [0.3, 0.4) is 0 Å². The van der Waals surface area contributed by atoms with Gasteiger partial charge in [0.1, 0.15) is 0 Å². The van der Waals surface area contributed by atoms with Crippen LogP contribution in [0.4, 0.5) is 0 Å². The Kier molecular flexibility index (Phi) is 22.5. The number of aryl methyl sites for hydroxylation is 10. The highest BCUT2D eigenvalue weighted by Gasteiger charge is 2.36. The minimum atomic E-state index is 0.150. The molecule has 0 nitrogen and oxygen atoms in total. The van der Waals surface area contributed by atoms with Crippen LogP contribution in [0.5, 0.6) is 0 Å². The van der Waals surface area contributed by atoms with Crippen LogP contribution in [-0.2, 0) is 16.2 Å². The van der Waals surface area contributed by atoms with Gasteiger partial charge in [-0.05, 0) is 193 Å². The first kappa shape index (κ1) is 66.0. The number of benzene rings is 11. The molecule has 0 unspecified atom stereocenters. The summed E-state index contributed by atoms with van der Waals surface area (Å²) < 4.78 is 0. The summed E-state index contributed by atoms with van der Waals surface area (Å²) in [4.78, 5) is 0. The molecular formula is C87H96. The second-order valence-corrected chi connectivity index (χ2v) is 26.0. The summed E-state index contributed by atoms with van der Waals surface area (Å²) in [6.45, 7) is 39.6. The Balaban J connectivity index is 0.000000147. The van der Waals surface area contributed by atoms with E-state index in [-0.39, 0.29) is 16.2 Å². The van der Waals surface area contributed by atoms with Crippen LogP contribution in [0.1, 0.15) is 137 Å². The van der Waals surface area contributed by atoms with Gasteiger partial charge in [0.2, 0.25) is 0 Å². The summed E-state index contributed by atoms with van der Waals surface area (Å²) in [7, 11) is 0. The maximum Gasteiger partial charge on any atom is 0.0161 e. The van der Waals surface area contributed by atoms with Crippen molar-refractivity contribution in [2.75, 3.05) is 0 Å². The summed E-state index contributed by atoms with van der Waals surface area (Å²) >= 11 is 0. The molecule has 0 saturated heterocycles. The van der Waals surface area contributed by atoms with E-state index in [1.807, 2.05) is 12.1 Å². The Hall–Kier alpha value is -8.58. The smallest absolute Gasteiger partial charge is 0.0161 e. The fourth-order valence-corrected chi connectivity index (χ4v) is 11.9. The van der Waals surface area contributed by atoms with Crippen molar-refractivity contribution < 1.29 is 0 Å². The average Bonchev–Trinajstić information content (AvgIpc) is 1.62. The van der Waals surface area contributed by atoms with Crippen LogP contribution in [-0.4, -0.2) is 0 Å². The van der Waals surface area contributed by atoms with Crippen molar-refractivity contribution in [2.45, 2.75) is 141 Å². The van der Waals surface area contributed by atoms with Crippen molar-refractivity contribution in [3.63, 3.8) is 0 Å².